The van der Waals surface area contributed by atoms with E-state index in [4.69, 9.17) is 5.73 Å². The van der Waals surface area contributed by atoms with Crippen molar-refractivity contribution in [3.8, 4) is 0 Å². The quantitative estimate of drug-likeness (QED) is 0.765. The maximum absolute atomic E-state index is 6.02. The summed E-state index contributed by atoms with van der Waals surface area (Å²) in [6, 6.07) is 1.12. The van der Waals surface area contributed by atoms with E-state index in [0.717, 1.165) is 12.5 Å². The number of nitrogens with two attached hydrogens (primary N) is 1. The van der Waals surface area contributed by atoms with E-state index in [1.807, 2.05) is 0 Å². The van der Waals surface area contributed by atoms with Crippen molar-refractivity contribution in [2.45, 2.75) is 57.5 Å². The first-order valence-electron chi connectivity index (χ1n) is 7.45. The van der Waals surface area contributed by atoms with Gasteiger partial charge in [0, 0.05) is 18.6 Å². The molecule has 1 saturated heterocycles. The van der Waals surface area contributed by atoms with Crippen LogP contribution in [0.5, 0.6) is 0 Å². The molecule has 1 saturated carbocycles. The summed E-state index contributed by atoms with van der Waals surface area (Å²) in [5, 5.41) is 3.72. The highest BCUT2D eigenvalue weighted by Gasteiger charge is 2.20. The summed E-state index contributed by atoms with van der Waals surface area (Å²) < 4.78 is 0. The molecule has 0 amide bonds. The molecule has 0 radical (unpaired) electrons. The van der Waals surface area contributed by atoms with Crippen LogP contribution in [-0.2, 0) is 0 Å². The summed E-state index contributed by atoms with van der Waals surface area (Å²) in [7, 11) is 0. The van der Waals surface area contributed by atoms with Crippen LogP contribution in [-0.4, -0.2) is 43.2 Å². The molecule has 17 heavy (non-hydrogen) atoms. The molecule has 0 aromatic rings. The lowest BCUT2D eigenvalue weighted by Gasteiger charge is -2.29. The van der Waals surface area contributed by atoms with E-state index in [1.165, 1.54) is 58.2 Å². The molecule has 3 unspecified atom stereocenters. The average molecular weight is 239 g/mol. The van der Waals surface area contributed by atoms with Crippen molar-refractivity contribution in [2.75, 3.05) is 26.2 Å². The summed E-state index contributed by atoms with van der Waals surface area (Å²) in [5.41, 5.74) is 6.02. The predicted molar refractivity (Wildman–Crippen MR) is 73.1 cm³/mol. The lowest BCUT2D eigenvalue weighted by molar-refractivity contribution is 0.264. The van der Waals surface area contributed by atoms with Gasteiger partial charge in [-0.15, -0.1) is 0 Å². The molecule has 1 aliphatic heterocycles. The van der Waals surface area contributed by atoms with Crippen LogP contribution < -0.4 is 11.1 Å². The largest absolute Gasteiger partial charge is 0.328 e. The number of likely N-dealkylation sites (tertiary alicyclic amines) is 1. The predicted octanol–water partition coefficient (Wildman–Crippen LogP) is 1.58. The summed E-state index contributed by atoms with van der Waals surface area (Å²) >= 11 is 0. The van der Waals surface area contributed by atoms with Crippen molar-refractivity contribution in [3.63, 3.8) is 0 Å². The Hall–Kier alpha value is -0.120. The summed E-state index contributed by atoms with van der Waals surface area (Å²) in [6.45, 7) is 7.44. The van der Waals surface area contributed by atoms with Crippen molar-refractivity contribution in [2.24, 2.45) is 11.7 Å². The maximum atomic E-state index is 6.02. The molecular formula is C14H29N3. The molecular weight excluding hydrogens is 210 g/mol. The van der Waals surface area contributed by atoms with Crippen molar-refractivity contribution < 1.29 is 0 Å². The molecule has 3 N–H and O–H groups in total. The molecule has 0 spiro atoms. The molecule has 1 aliphatic carbocycles. The van der Waals surface area contributed by atoms with Gasteiger partial charge in [0.1, 0.15) is 0 Å². The van der Waals surface area contributed by atoms with Crippen LogP contribution in [0, 0.1) is 5.92 Å². The van der Waals surface area contributed by atoms with E-state index in [9.17, 15) is 0 Å². The lowest BCUT2D eigenvalue weighted by atomic mass is 9.91. The molecule has 100 valence electrons. The monoisotopic (exact) mass is 239 g/mol. The van der Waals surface area contributed by atoms with Crippen LogP contribution in [0.15, 0.2) is 0 Å². The minimum absolute atomic E-state index is 0.440. The Balaban J connectivity index is 1.59. The summed E-state index contributed by atoms with van der Waals surface area (Å²) in [4.78, 5) is 2.61. The fraction of sp³-hybridized carbons (Fsp3) is 1.00. The molecule has 0 aromatic heterocycles. The SMILES string of the molecule is CC(CNC1CCCC(N)C1)CN1CCCC1. The van der Waals surface area contributed by atoms with Gasteiger partial charge in [-0.2, -0.15) is 0 Å². The van der Waals surface area contributed by atoms with Crippen LogP contribution in [0.4, 0.5) is 0 Å². The molecule has 2 rings (SSSR count). The molecule has 3 atom stereocenters. The van der Waals surface area contributed by atoms with Gasteiger partial charge in [-0.1, -0.05) is 13.3 Å². The topological polar surface area (TPSA) is 41.3 Å². The fourth-order valence-corrected chi connectivity index (χ4v) is 3.25. The minimum atomic E-state index is 0.440. The van der Waals surface area contributed by atoms with Crippen LogP contribution in [0.2, 0.25) is 0 Å². The first kappa shape index (κ1) is 13.3. The number of rotatable bonds is 5. The zero-order valence-corrected chi connectivity index (χ0v) is 11.3. The van der Waals surface area contributed by atoms with Gasteiger partial charge in [-0.3, -0.25) is 0 Å². The highest BCUT2D eigenvalue weighted by Crippen LogP contribution is 2.17. The highest BCUT2D eigenvalue weighted by atomic mass is 15.1. The van der Waals surface area contributed by atoms with Gasteiger partial charge in [0.25, 0.3) is 0 Å². The first-order chi connectivity index (χ1) is 8.24. The highest BCUT2D eigenvalue weighted by molar-refractivity contribution is 4.80. The third kappa shape index (κ3) is 4.57. The molecule has 0 bridgehead atoms. The summed E-state index contributed by atoms with van der Waals surface area (Å²) in [5.74, 6) is 0.770. The number of nitrogens with zero attached hydrogens (tertiary/aromatic N) is 1. The van der Waals surface area contributed by atoms with E-state index in [1.54, 1.807) is 0 Å². The van der Waals surface area contributed by atoms with E-state index in [2.05, 4.69) is 17.1 Å². The van der Waals surface area contributed by atoms with Crippen molar-refractivity contribution >= 4 is 0 Å². The fourth-order valence-electron chi connectivity index (χ4n) is 3.25. The van der Waals surface area contributed by atoms with E-state index < -0.39 is 0 Å². The van der Waals surface area contributed by atoms with E-state index >= 15 is 0 Å². The Bertz CT molecular complexity index is 214. The third-order valence-corrected chi connectivity index (χ3v) is 4.24. The van der Waals surface area contributed by atoms with Gasteiger partial charge in [0.2, 0.25) is 0 Å². The van der Waals surface area contributed by atoms with Gasteiger partial charge in [0.15, 0.2) is 0 Å². The molecule has 1 heterocycles. The van der Waals surface area contributed by atoms with Crippen LogP contribution in [0.1, 0.15) is 45.4 Å². The second-order valence-electron chi connectivity index (χ2n) is 6.14. The molecule has 3 heteroatoms. The van der Waals surface area contributed by atoms with E-state index in [-0.39, 0.29) is 0 Å². The first-order valence-corrected chi connectivity index (χ1v) is 7.45. The van der Waals surface area contributed by atoms with Gasteiger partial charge in [-0.25, -0.2) is 0 Å². The number of hydrogen-bond acceptors (Lipinski definition) is 3. The zero-order chi connectivity index (χ0) is 12.1. The van der Waals surface area contributed by atoms with Crippen LogP contribution in [0.3, 0.4) is 0 Å². The second-order valence-corrected chi connectivity index (χ2v) is 6.14. The van der Waals surface area contributed by atoms with Crippen LogP contribution in [0.25, 0.3) is 0 Å². The Morgan fingerprint density at radius 1 is 1.24 bits per heavy atom. The minimum Gasteiger partial charge on any atom is -0.328 e. The van der Waals surface area contributed by atoms with Crippen molar-refractivity contribution in [1.29, 1.82) is 0 Å². The van der Waals surface area contributed by atoms with Gasteiger partial charge < -0.3 is 16.0 Å². The Morgan fingerprint density at radius 2 is 2.00 bits per heavy atom. The maximum Gasteiger partial charge on any atom is 0.00819 e. The standard InChI is InChI=1S/C14H29N3/c1-12(11-17-7-2-3-8-17)10-16-14-6-4-5-13(15)9-14/h12-14,16H,2-11,15H2,1H3. The molecule has 0 aromatic carbocycles. The van der Waals surface area contributed by atoms with Crippen molar-refractivity contribution in [3.05, 3.63) is 0 Å². The zero-order valence-electron chi connectivity index (χ0n) is 11.3. The van der Waals surface area contributed by atoms with Gasteiger partial charge >= 0.3 is 0 Å². The smallest absolute Gasteiger partial charge is 0.00819 e. The Kier molecular flexibility index (Phi) is 5.26. The molecule has 2 aliphatic rings. The normalized spacial score (nSPS) is 32.8. The number of nitrogens with one attached hydrogen (secondary N) is 1. The number of hydrogen-bond donors (Lipinski definition) is 2. The van der Waals surface area contributed by atoms with E-state index in [0.29, 0.717) is 12.1 Å². The lowest BCUT2D eigenvalue weighted by Crippen LogP contribution is -2.42. The Labute approximate surface area is 106 Å². The van der Waals surface area contributed by atoms with Crippen molar-refractivity contribution in [1.82, 2.24) is 10.2 Å². The Morgan fingerprint density at radius 3 is 2.71 bits per heavy atom. The summed E-state index contributed by atoms with van der Waals surface area (Å²) in [6.07, 6.45) is 7.83. The van der Waals surface area contributed by atoms with Gasteiger partial charge in [0.05, 0.1) is 0 Å². The average Bonchev–Trinajstić information content (AvgIpc) is 2.79. The van der Waals surface area contributed by atoms with Gasteiger partial charge in [-0.05, 0) is 57.7 Å². The molecule has 3 nitrogen and oxygen atoms in total. The third-order valence-electron chi connectivity index (χ3n) is 4.24. The second kappa shape index (κ2) is 6.72. The van der Waals surface area contributed by atoms with Crippen LogP contribution >= 0.6 is 0 Å². The molecule has 2 fully saturated rings.